The average molecular weight is 217 g/mol. The van der Waals surface area contributed by atoms with Crippen molar-refractivity contribution >= 4 is 23.8 Å². The van der Waals surface area contributed by atoms with Crippen molar-refractivity contribution in [1.82, 2.24) is 4.72 Å². The molecule has 5 N–H and O–H groups in total. The summed E-state index contributed by atoms with van der Waals surface area (Å²) in [6.45, 7) is -5.18. The Morgan fingerprint density at radius 3 is 2.50 bits per heavy atom. The zero-order chi connectivity index (χ0) is 9.78. The minimum atomic E-state index is -4.38. The molecule has 0 aromatic heterocycles. The standard InChI is InChI=1S/C3H8NO6PS/c5-1-2(6)3(7)4-12-11(8,9)10/h2,5-6H,1H2,(H3-,4,7,8,9,10). The quantitative estimate of drug-likeness (QED) is 0.189. The molecule has 7 nitrogen and oxygen atoms in total. The molecule has 0 bridgehead atoms. The summed E-state index contributed by atoms with van der Waals surface area (Å²) in [7, 11) is 0. The van der Waals surface area contributed by atoms with Gasteiger partial charge in [-0.05, 0) is 0 Å². The van der Waals surface area contributed by atoms with Gasteiger partial charge in [-0.2, -0.15) is 0 Å². The first-order chi connectivity index (χ1) is 5.37. The Hall–Kier alpha value is -0.0800. The Morgan fingerprint density at radius 2 is 2.17 bits per heavy atom. The molecule has 9 heteroatoms. The summed E-state index contributed by atoms with van der Waals surface area (Å²) in [5.41, 5.74) is 0. The molecule has 1 amide bonds. The van der Waals surface area contributed by atoms with E-state index in [0.29, 0.717) is 0 Å². The summed E-state index contributed by atoms with van der Waals surface area (Å²) >= 11 is -0.119. The number of hydrogen-bond donors (Lipinski definition) is 5. The smallest absolute Gasteiger partial charge is 0.350 e. The maximum Gasteiger partial charge on any atom is 0.350 e. The summed E-state index contributed by atoms with van der Waals surface area (Å²) in [6.07, 6.45) is -1.66. The third-order valence-electron chi connectivity index (χ3n) is 0.741. The molecule has 0 aliphatic carbocycles. The second-order valence-electron chi connectivity index (χ2n) is 1.75. The number of amides is 1. The van der Waals surface area contributed by atoms with E-state index < -0.39 is 25.3 Å². The molecular weight excluding hydrogens is 209 g/mol. The van der Waals surface area contributed by atoms with Crippen molar-refractivity contribution in [3.8, 4) is 0 Å². The highest BCUT2D eigenvalue weighted by Crippen LogP contribution is 2.23. The summed E-state index contributed by atoms with van der Waals surface area (Å²) in [4.78, 5) is 37.2. The lowest BCUT2D eigenvalue weighted by molar-refractivity contribution is -0.196. The van der Waals surface area contributed by atoms with Crippen LogP contribution >= 0.6 is 6.72 Å². The maximum atomic E-state index is 10.5. The second-order valence-corrected chi connectivity index (χ2v) is 5.09. The van der Waals surface area contributed by atoms with Crippen LogP contribution in [-0.2, 0) is 15.9 Å². The van der Waals surface area contributed by atoms with Crippen molar-refractivity contribution in [3.63, 3.8) is 0 Å². The highest BCUT2D eigenvalue weighted by Gasteiger charge is 2.19. The topological polar surface area (TPSA) is 133 Å². The molecule has 0 rings (SSSR count). The van der Waals surface area contributed by atoms with Crippen LogP contribution in [0.1, 0.15) is 0 Å². The Morgan fingerprint density at radius 1 is 1.67 bits per heavy atom. The van der Waals surface area contributed by atoms with Crippen LogP contribution in [0.5, 0.6) is 0 Å². The fourth-order valence-electron chi connectivity index (χ4n) is 0.255. The van der Waals surface area contributed by atoms with E-state index in [9.17, 15) is 9.69 Å². The van der Waals surface area contributed by atoms with Crippen LogP contribution in [0.2, 0.25) is 0 Å². The van der Waals surface area contributed by atoms with Crippen LogP contribution in [0.4, 0.5) is 0 Å². The third-order valence-corrected chi connectivity index (χ3v) is 2.26. The zero-order valence-electron chi connectivity index (χ0n) is 5.75. The molecule has 0 heterocycles. The van der Waals surface area contributed by atoms with Gasteiger partial charge in [0.15, 0.2) is 6.10 Å². The number of nitrogens with one attached hydrogen (secondary N) is 1. The lowest BCUT2D eigenvalue weighted by atomic mass is 10.4. The SMILES string of the molecule is O=C(N[S+]=P([O-])(O)O)C(O)CO. The van der Waals surface area contributed by atoms with Crippen molar-refractivity contribution in [2.75, 3.05) is 6.61 Å². The van der Waals surface area contributed by atoms with Crippen molar-refractivity contribution in [2.24, 2.45) is 0 Å². The Bertz CT molecular complexity index is 205. The fourth-order valence-corrected chi connectivity index (χ4v) is 1.23. The first-order valence-corrected chi connectivity index (χ1v) is 5.73. The van der Waals surface area contributed by atoms with Gasteiger partial charge in [0.05, 0.1) is 6.61 Å². The van der Waals surface area contributed by atoms with E-state index in [1.165, 1.54) is 0 Å². The number of carbonyl (C=O) groups excluding carboxylic acids is 1. The highest BCUT2D eigenvalue weighted by molar-refractivity contribution is 8.15. The molecular formula is C3H8NO6PS. The monoisotopic (exact) mass is 217 g/mol. The lowest BCUT2D eigenvalue weighted by Crippen LogP contribution is -2.34. The van der Waals surface area contributed by atoms with Gasteiger partial charge >= 0.3 is 17.8 Å². The normalized spacial score (nSPS) is 13.8. The third kappa shape index (κ3) is 5.56. The molecule has 0 aromatic carbocycles. The van der Waals surface area contributed by atoms with Crippen LogP contribution in [0.25, 0.3) is 0 Å². The van der Waals surface area contributed by atoms with Gasteiger partial charge in [-0.25, -0.2) is 0 Å². The number of carbonyl (C=O) groups is 1. The Balaban J connectivity index is 4.04. The molecule has 0 saturated heterocycles. The molecule has 12 heavy (non-hydrogen) atoms. The van der Waals surface area contributed by atoms with E-state index >= 15 is 0 Å². The van der Waals surface area contributed by atoms with E-state index in [0.717, 1.165) is 0 Å². The first kappa shape index (κ1) is 11.9. The van der Waals surface area contributed by atoms with E-state index in [1.807, 2.05) is 0 Å². The largest absolute Gasteiger partial charge is 0.740 e. The predicted octanol–water partition coefficient (Wildman–Crippen LogP) is -3.52. The number of aliphatic hydroxyl groups excluding tert-OH is 2. The highest BCUT2D eigenvalue weighted by atomic mass is 32.5. The molecule has 1 unspecified atom stereocenters. The van der Waals surface area contributed by atoms with Gasteiger partial charge in [0.2, 0.25) is 0 Å². The molecule has 0 saturated carbocycles. The van der Waals surface area contributed by atoms with Gasteiger partial charge in [-0.15, -0.1) is 4.72 Å². The van der Waals surface area contributed by atoms with Gasteiger partial charge < -0.3 is 24.9 Å². The molecule has 0 spiro atoms. The molecule has 0 radical (unpaired) electrons. The van der Waals surface area contributed by atoms with Crippen molar-refractivity contribution in [1.29, 1.82) is 0 Å². The Labute approximate surface area is 71.6 Å². The van der Waals surface area contributed by atoms with Crippen LogP contribution in [0.3, 0.4) is 0 Å². The number of aliphatic hydroxyl groups is 2. The van der Waals surface area contributed by atoms with E-state index in [4.69, 9.17) is 20.0 Å². The minimum Gasteiger partial charge on any atom is -0.740 e. The maximum absolute atomic E-state index is 10.5. The van der Waals surface area contributed by atoms with Crippen LogP contribution in [-0.4, -0.2) is 38.6 Å². The molecule has 0 aromatic rings. The molecule has 0 aliphatic rings. The van der Waals surface area contributed by atoms with E-state index in [2.05, 4.69) is 0 Å². The van der Waals surface area contributed by atoms with Gasteiger partial charge in [0.25, 0.3) is 5.91 Å². The van der Waals surface area contributed by atoms with Crippen LogP contribution in [0, 0.1) is 0 Å². The lowest BCUT2D eigenvalue weighted by Gasteiger charge is -2.02. The Kier molecular flexibility index (Phi) is 4.80. The average Bonchev–Trinajstić information content (AvgIpc) is 1.97. The van der Waals surface area contributed by atoms with Gasteiger partial charge in [-0.1, -0.05) is 0 Å². The van der Waals surface area contributed by atoms with E-state index in [-0.39, 0.29) is 11.1 Å². The second kappa shape index (κ2) is 4.83. The van der Waals surface area contributed by atoms with Gasteiger partial charge in [-0.3, -0.25) is 4.79 Å². The minimum absolute atomic E-state index is 0.119. The predicted molar refractivity (Wildman–Crippen MR) is 40.0 cm³/mol. The first-order valence-electron chi connectivity index (χ1n) is 2.69. The van der Waals surface area contributed by atoms with Crippen molar-refractivity contribution in [2.45, 2.75) is 6.10 Å². The fraction of sp³-hybridized carbons (Fsp3) is 0.667. The molecule has 72 valence electrons. The number of hydrogen-bond acceptors (Lipinski definition) is 4. The van der Waals surface area contributed by atoms with Gasteiger partial charge in [0.1, 0.15) is 0 Å². The van der Waals surface area contributed by atoms with Crippen LogP contribution in [0.15, 0.2) is 0 Å². The summed E-state index contributed by atoms with van der Waals surface area (Å²) < 4.78 is 1.68. The summed E-state index contributed by atoms with van der Waals surface area (Å²) in [5, 5.41) is 16.8. The van der Waals surface area contributed by atoms with Gasteiger partial charge in [0, 0.05) is 0 Å². The number of rotatable bonds is 3. The molecule has 0 aliphatic heterocycles. The van der Waals surface area contributed by atoms with Crippen LogP contribution < -0.4 is 9.62 Å². The summed E-state index contributed by atoms with van der Waals surface area (Å²) in [6, 6.07) is 0. The zero-order valence-corrected chi connectivity index (χ0v) is 7.46. The van der Waals surface area contributed by atoms with E-state index in [1.54, 1.807) is 4.72 Å². The van der Waals surface area contributed by atoms with Crippen molar-refractivity contribution < 1.29 is 29.7 Å². The van der Waals surface area contributed by atoms with Crippen molar-refractivity contribution in [3.05, 3.63) is 0 Å². The molecule has 0 fully saturated rings. The molecule has 1 atom stereocenters. The summed E-state index contributed by atoms with van der Waals surface area (Å²) in [5.74, 6) is -1.05.